The predicted molar refractivity (Wildman–Crippen MR) is 86.6 cm³/mol. The average molecular weight is 317 g/mol. The van der Waals surface area contributed by atoms with E-state index in [1.165, 1.54) is 17.8 Å². The first-order valence-corrected chi connectivity index (χ1v) is 8.05. The van der Waals surface area contributed by atoms with Crippen molar-refractivity contribution < 1.29 is 4.39 Å². The Morgan fingerprint density at radius 1 is 1.29 bits per heavy atom. The molecule has 21 heavy (non-hydrogen) atoms. The van der Waals surface area contributed by atoms with E-state index in [-0.39, 0.29) is 11.7 Å². The van der Waals surface area contributed by atoms with Crippen molar-refractivity contribution in [3.63, 3.8) is 0 Å². The van der Waals surface area contributed by atoms with Gasteiger partial charge >= 0.3 is 0 Å². The highest BCUT2D eigenvalue weighted by Gasteiger charge is 2.08. The number of hydrogen-bond acceptors (Lipinski definition) is 4. The molecule has 0 aliphatic rings. The largest absolute Gasteiger partial charge is 0.384 e. The highest BCUT2D eigenvalue weighted by Crippen LogP contribution is 2.31. The number of nitrogens with zero attached hydrogens (tertiary/aromatic N) is 1. The monoisotopic (exact) mass is 317 g/mol. The maximum Gasteiger partial charge on any atom is 0.151 e. The number of halogens is 1. The zero-order valence-corrected chi connectivity index (χ0v) is 12.6. The molecule has 6 heteroatoms. The zero-order valence-electron chi connectivity index (χ0n) is 11.0. The number of para-hydroxylation sites is 1. The number of benzene rings is 2. The van der Waals surface area contributed by atoms with E-state index in [1.807, 2.05) is 24.3 Å². The fraction of sp³-hybridized carbons (Fsp3) is 0.0667. The van der Waals surface area contributed by atoms with Gasteiger partial charge in [0, 0.05) is 11.3 Å². The Morgan fingerprint density at radius 3 is 2.81 bits per heavy atom. The summed E-state index contributed by atoms with van der Waals surface area (Å²) in [5, 5.41) is 7.30. The molecule has 0 fully saturated rings. The summed E-state index contributed by atoms with van der Waals surface area (Å²) in [7, 11) is 0. The van der Waals surface area contributed by atoms with Crippen molar-refractivity contribution in [1.82, 2.24) is 4.98 Å². The van der Waals surface area contributed by atoms with Crippen LogP contribution in [0, 0.1) is 11.2 Å². The van der Waals surface area contributed by atoms with Crippen molar-refractivity contribution in [3.05, 3.63) is 59.4 Å². The molecule has 0 aliphatic carbocycles. The van der Waals surface area contributed by atoms with Gasteiger partial charge in [-0.05, 0) is 23.8 Å². The lowest BCUT2D eigenvalue weighted by Gasteiger charge is -2.04. The number of thioether (sulfide) groups is 1. The van der Waals surface area contributed by atoms with E-state index < -0.39 is 0 Å². The lowest BCUT2D eigenvalue weighted by atomic mass is 10.1. The van der Waals surface area contributed by atoms with Crippen molar-refractivity contribution >= 4 is 39.2 Å². The summed E-state index contributed by atoms with van der Waals surface area (Å²) in [5.41, 5.74) is 7.30. The zero-order chi connectivity index (χ0) is 14.8. The van der Waals surface area contributed by atoms with Crippen molar-refractivity contribution in [2.24, 2.45) is 5.73 Å². The summed E-state index contributed by atoms with van der Waals surface area (Å²) >= 11 is 3.12. The summed E-state index contributed by atoms with van der Waals surface area (Å²) in [4.78, 5) is 4.51. The lowest BCUT2D eigenvalue weighted by molar-refractivity contribution is 0.617. The van der Waals surface area contributed by atoms with Crippen LogP contribution in [0.15, 0.2) is 46.8 Å². The van der Waals surface area contributed by atoms with Gasteiger partial charge in [-0.1, -0.05) is 36.0 Å². The molecule has 0 unspecified atom stereocenters. The van der Waals surface area contributed by atoms with E-state index in [4.69, 9.17) is 11.1 Å². The fourth-order valence-electron chi connectivity index (χ4n) is 1.88. The minimum absolute atomic E-state index is 0.126. The van der Waals surface area contributed by atoms with E-state index in [0.29, 0.717) is 16.9 Å². The fourth-order valence-corrected chi connectivity index (χ4v) is 3.94. The Bertz CT molecular complexity index is 781. The van der Waals surface area contributed by atoms with Crippen molar-refractivity contribution in [3.8, 4) is 0 Å². The van der Waals surface area contributed by atoms with E-state index in [1.54, 1.807) is 23.5 Å². The third-order valence-electron chi connectivity index (χ3n) is 2.99. The van der Waals surface area contributed by atoms with Crippen molar-refractivity contribution in [2.75, 3.05) is 0 Å². The molecule has 0 bridgehead atoms. The van der Waals surface area contributed by atoms with E-state index >= 15 is 0 Å². The number of nitrogen functional groups attached to an aromatic ring is 1. The number of fused-ring (bicyclic) bond motifs is 1. The normalized spacial score (nSPS) is 10.9. The van der Waals surface area contributed by atoms with Crippen LogP contribution >= 0.6 is 23.1 Å². The number of aromatic nitrogens is 1. The van der Waals surface area contributed by atoms with Gasteiger partial charge in [0.15, 0.2) is 4.34 Å². The summed E-state index contributed by atoms with van der Waals surface area (Å²) in [5.74, 6) is 0.0414. The summed E-state index contributed by atoms with van der Waals surface area (Å²) in [6.45, 7) is 0. The van der Waals surface area contributed by atoms with Crippen LogP contribution < -0.4 is 5.73 Å². The molecule has 3 aromatic rings. The van der Waals surface area contributed by atoms with Gasteiger partial charge in [-0.25, -0.2) is 9.37 Å². The average Bonchev–Trinajstić information content (AvgIpc) is 2.88. The molecule has 3 nitrogen and oxygen atoms in total. The number of nitrogens with one attached hydrogen (secondary N) is 1. The molecule has 1 heterocycles. The first-order valence-electron chi connectivity index (χ1n) is 6.24. The SMILES string of the molecule is N=C(N)c1ccc(CSc2nc3ccccc3s2)c(F)c1. The van der Waals surface area contributed by atoms with E-state index in [2.05, 4.69) is 4.98 Å². The first kappa shape index (κ1) is 14.0. The number of rotatable bonds is 4. The van der Waals surface area contributed by atoms with Crippen LogP contribution in [0.4, 0.5) is 4.39 Å². The van der Waals surface area contributed by atoms with Gasteiger partial charge in [-0.15, -0.1) is 11.3 Å². The molecule has 2 aromatic carbocycles. The third kappa shape index (κ3) is 3.06. The molecule has 0 aliphatic heterocycles. The number of nitrogens with two attached hydrogens (primary N) is 1. The Labute approximate surface area is 129 Å². The summed E-state index contributed by atoms with van der Waals surface area (Å²) < 4.78 is 16.0. The van der Waals surface area contributed by atoms with Crippen LogP contribution in [0.2, 0.25) is 0 Å². The van der Waals surface area contributed by atoms with E-state index in [9.17, 15) is 4.39 Å². The molecule has 0 radical (unpaired) electrons. The molecule has 0 amide bonds. The molecule has 3 rings (SSSR count). The lowest BCUT2D eigenvalue weighted by Crippen LogP contribution is -2.11. The van der Waals surface area contributed by atoms with Crippen LogP contribution in [0.25, 0.3) is 10.2 Å². The van der Waals surface area contributed by atoms with Crippen LogP contribution in [-0.4, -0.2) is 10.8 Å². The third-order valence-corrected chi connectivity index (χ3v) is 5.22. The Kier molecular flexibility index (Phi) is 3.90. The number of hydrogen-bond donors (Lipinski definition) is 2. The maximum absolute atomic E-state index is 13.9. The Balaban J connectivity index is 1.76. The number of thiazole rings is 1. The Morgan fingerprint density at radius 2 is 2.10 bits per heavy atom. The van der Waals surface area contributed by atoms with Crippen LogP contribution in [-0.2, 0) is 5.75 Å². The summed E-state index contributed by atoms with van der Waals surface area (Å²) in [6, 6.07) is 12.6. The van der Waals surface area contributed by atoms with Gasteiger partial charge in [0.2, 0.25) is 0 Å². The van der Waals surface area contributed by atoms with Crippen molar-refractivity contribution in [2.45, 2.75) is 10.1 Å². The molecular weight excluding hydrogens is 305 g/mol. The molecule has 3 N–H and O–H groups in total. The summed E-state index contributed by atoms with van der Waals surface area (Å²) in [6.07, 6.45) is 0. The smallest absolute Gasteiger partial charge is 0.151 e. The van der Waals surface area contributed by atoms with E-state index in [0.717, 1.165) is 14.6 Å². The quantitative estimate of drug-likeness (QED) is 0.434. The molecule has 0 saturated carbocycles. The molecule has 1 aromatic heterocycles. The second-order valence-electron chi connectivity index (χ2n) is 4.46. The Hall–Kier alpha value is -1.92. The van der Waals surface area contributed by atoms with Crippen LogP contribution in [0.5, 0.6) is 0 Å². The van der Waals surface area contributed by atoms with Crippen LogP contribution in [0.3, 0.4) is 0 Å². The molecule has 0 spiro atoms. The molecule has 0 atom stereocenters. The topological polar surface area (TPSA) is 62.8 Å². The van der Waals surface area contributed by atoms with Gasteiger partial charge < -0.3 is 5.73 Å². The molecule has 106 valence electrons. The molecular formula is C15H12FN3S2. The van der Waals surface area contributed by atoms with Gasteiger partial charge in [0.1, 0.15) is 11.7 Å². The second kappa shape index (κ2) is 5.83. The standard InChI is InChI=1S/C15H12FN3S2/c16-11-7-9(14(17)18)5-6-10(11)8-20-15-19-12-3-1-2-4-13(12)21-15/h1-7H,8H2,(H3,17,18). The van der Waals surface area contributed by atoms with Gasteiger partial charge in [0.05, 0.1) is 10.2 Å². The second-order valence-corrected chi connectivity index (χ2v) is 6.71. The highest BCUT2D eigenvalue weighted by molar-refractivity contribution is 8.00. The minimum Gasteiger partial charge on any atom is -0.384 e. The predicted octanol–water partition coefficient (Wildman–Crippen LogP) is 4.01. The minimum atomic E-state index is -0.337. The van der Waals surface area contributed by atoms with Gasteiger partial charge in [0.25, 0.3) is 0 Å². The maximum atomic E-state index is 13.9. The van der Waals surface area contributed by atoms with Gasteiger partial charge in [-0.3, -0.25) is 5.41 Å². The van der Waals surface area contributed by atoms with Crippen LogP contribution in [0.1, 0.15) is 11.1 Å². The van der Waals surface area contributed by atoms with Crippen molar-refractivity contribution in [1.29, 1.82) is 5.41 Å². The number of amidine groups is 1. The molecule has 0 saturated heterocycles. The highest BCUT2D eigenvalue weighted by atomic mass is 32.2. The first-order chi connectivity index (χ1) is 10.1. The van der Waals surface area contributed by atoms with Gasteiger partial charge in [-0.2, -0.15) is 0 Å².